The molecule has 1 aromatic heterocycles. The van der Waals surface area contributed by atoms with Crippen molar-refractivity contribution in [3.05, 3.63) is 40.7 Å². The van der Waals surface area contributed by atoms with Crippen LogP contribution in [0.2, 0.25) is 4.34 Å². The van der Waals surface area contributed by atoms with Gasteiger partial charge in [0.1, 0.15) is 16.0 Å². The van der Waals surface area contributed by atoms with Crippen LogP contribution in [0.1, 0.15) is 12.8 Å². The third-order valence-electron chi connectivity index (χ3n) is 4.10. The summed E-state index contributed by atoms with van der Waals surface area (Å²) >= 11 is 6.81. The molecule has 0 aliphatic carbocycles. The van der Waals surface area contributed by atoms with E-state index in [1.165, 1.54) is 22.5 Å². The molecular weight excluding hydrogens is 426 g/mol. The summed E-state index contributed by atoms with van der Waals surface area (Å²) in [5.41, 5.74) is 5.47. The van der Waals surface area contributed by atoms with E-state index in [0.717, 1.165) is 11.3 Å². The highest BCUT2D eigenvalue weighted by atomic mass is 35.5. The predicted molar refractivity (Wildman–Crippen MR) is 106 cm³/mol. The van der Waals surface area contributed by atoms with Gasteiger partial charge in [-0.25, -0.2) is 8.42 Å². The minimum absolute atomic E-state index is 0.110. The molecule has 1 fully saturated rings. The van der Waals surface area contributed by atoms with Gasteiger partial charge in [0.25, 0.3) is 15.9 Å². The maximum Gasteiger partial charge on any atom is 0.255 e. The molecule has 2 heterocycles. The molecule has 1 atom stereocenters. The van der Waals surface area contributed by atoms with E-state index >= 15 is 0 Å². The van der Waals surface area contributed by atoms with Crippen LogP contribution in [0.15, 0.2) is 40.6 Å². The number of amides is 2. The molecule has 0 radical (unpaired) electrons. The van der Waals surface area contributed by atoms with E-state index < -0.39 is 27.9 Å². The zero-order valence-electron chi connectivity index (χ0n) is 14.6. The summed E-state index contributed by atoms with van der Waals surface area (Å²) in [5, 5.41) is 2.71. The quantitative estimate of drug-likeness (QED) is 0.678. The Kier molecular flexibility index (Phi) is 6.23. The Balaban J connectivity index is 1.73. The third-order valence-corrected chi connectivity index (χ3v) is 7.71. The summed E-state index contributed by atoms with van der Waals surface area (Å²) in [5.74, 6) is -0.688. The van der Waals surface area contributed by atoms with Gasteiger partial charge < -0.3 is 15.8 Å². The number of ether oxygens (including phenoxy) is 1. The highest BCUT2D eigenvalue weighted by Gasteiger charge is 2.40. The number of carbonyl (C=O) groups is 2. The highest BCUT2D eigenvalue weighted by molar-refractivity contribution is 7.91. The molecule has 2 aromatic rings. The number of hydrogen-bond donors (Lipinski definition) is 2. The molecule has 8 nitrogen and oxygen atoms in total. The van der Waals surface area contributed by atoms with Crippen molar-refractivity contribution in [2.45, 2.75) is 23.1 Å². The lowest BCUT2D eigenvalue weighted by Crippen LogP contribution is -2.42. The molecule has 1 saturated heterocycles. The fraction of sp³-hybridized carbons (Fsp3) is 0.294. The van der Waals surface area contributed by atoms with Crippen molar-refractivity contribution in [3.8, 4) is 5.75 Å². The Bertz CT molecular complexity index is 992. The normalized spacial score (nSPS) is 17.4. The fourth-order valence-corrected chi connectivity index (χ4v) is 6.15. The van der Waals surface area contributed by atoms with Crippen molar-refractivity contribution >= 4 is 50.5 Å². The number of nitrogens with two attached hydrogens (primary N) is 1. The standard InChI is InChI=1S/C17H18ClN3O5S2/c18-14-6-7-16(27-14)28(24,25)21-8-2-5-13(21)17(23)20-11-3-1-4-12(9-11)26-10-15(19)22/h1,3-4,6-7,9,13H,2,5,8,10H2,(H2,19,22)(H,20,23). The third kappa shape index (κ3) is 4.64. The van der Waals surface area contributed by atoms with Crippen LogP contribution in [-0.4, -0.2) is 43.7 Å². The number of sulfonamides is 1. The minimum atomic E-state index is -3.80. The summed E-state index contributed by atoms with van der Waals surface area (Å²) < 4.78 is 32.6. The Labute approximate surface area is 171 Å². The number of benzene rings is 1. The van der Waals surface area contributed by atoms with Crippen LogP contribution in [0.3, 0.4) is 0 Å². The number of halogens is 1. The fourth-order valence-electron chi connectivity index (χ4n) is 2.89. The number of thiophene rings is 1. The Hall–Kier alpha value is -2.14. The molecule has 1 aromatic carbocycles. The van der Waals surface area contributed by atoms with Gasteiger partial charge in [-0.15, -0.1) is 11.3 Å². The molecule has 0 saturated carbocycles. The van der Waals surface area contributed by atoms with Crippen LogP contribution in [0.4, 0.5) is 5.69 Å². The van der Waals surface area contributed by atoms with Gasteiger partial charge in [-0.1, -0.05) is 17.7 Å². The van der Waals surface area contributed by atoms with Crippen molar-refractivity contribution in [1.82, 2.24) is 4.31 Å². The number of hydrogen-bond acceptors (Lipinski definition) is 6. The van der Waals surface area contributed by atoms with Gasteiger partial charge in [0, 0.05) is 18.3 Å². The Morgan fingerprint density at radius 3 is 2.79 bits per heavy atom. The van der Waals surface area contributed by atoms with Crippen LogP contribution in [0.5, 0.6) is 5.75 Å². The summed E-state index contributed by atoms with van der Waals surface area (Å²) in [4.78, 5) is 23.5. The van der Waals surface area contributed by atoms with Crippen molar-refractivity contribution in [3.63, 3.8) is 0 Å². The lowest BCUT2D eigenvalue weighted by atomic mass is 10.2. The lowest BCUT2D eigenvalue weighted by molar-refractivity contribution is -0.120. The maximum atomic E-state index is 12.9. The van der Waals surface area contributed by atoms with Crippen molar-refractivity contribution in [1.29, 1.82) is 0 Å². The molecule has 1 unspecified atom stereocenters. The van der Waals surface area contributed by atoms with Gasteiger partial charge in [-0.05, 0) is 37.1 Å². The average Bonchev–Trinajstić information content (AvgIpc) is 3.30. The van der Waals surface area contributed by atoms with Gasteiger partial charge in [-0.3, -0.25) is 9.59 Å². The molecule has 3 N–H and O–H groups in total. The summed E-state index contributed by atoms with van der Waals surface area (Å²) in [6.07, 6.45) is 1.00. The summed E-state index contributed by atoms with van der Waals surface area (Å²) in [7, 11) is -3.80. The number of carbonyl (C=O) groups excluding carboxylic acids is 2. The van der Waals surface area contributed by atoms with Gasteiger partial charge in [0.05, 0.1) is 4.34 Å². The van der Waals surface area contributed by atoms with E-state index in [0.29, 0.717) is 28.6 Å². The minimum Gasteiger partial charge on any atom is -0.484 e. The Morgan fingerprint density at radius 1 is 1.32 bits per heavy atom. The predicted octanol–water partition coefficient (Wildman–Crippen LogP) is 2.06. The second kappa shape index (κ2) is 8.48. The van der Waals surface area contributed by atoms with Gasteiger partial charge in [0.15, 0.2) is 6.61 Å². The molecular formula is C17H18ClN3O5S2. The van der Waals surface area contributed by atoms with Crippen LogP contribution in [0, 0.1) is 0 Å². The number of anilines is 1. The molecule has 28 heavy (non-hydrogen) atoms. The first-order valence-electron chi connectivity index (χ1n) is 8.36. The van der Waals surface area contributed by atoms with Crippen LogP contribution < -0.4 is 15.8 Å². The van der Waals surface area contributed by atoms with E-state index in [9.17, 15) is 18.0 Å². The maximum absolute atomic E-state index is 12.9. The molecule has 150 valence electrons. The van der Waals surface area contributed by atoms with Crippen molar-refractivity contribution in [2.24, 2.45) is 5.73 Å². The van der Waals surface area contributed by atoms with Gasteiger partial charge in [-0.2, -0.15) is 4.31 Å². The van der Waals surface area contributed by atoms with Crippen LogP contribution in [-0.2, 0) is 19.6 Å². The monoisotopic (exact) mass is 443 g/mol. The van der Waals surface area contributed by atoms with E-state index in [4.69, 9.17) is 22.1 Å². The molecule has 2 amide bonds. The van der Waals surface area contributed by atoms with E-state index in [1.54, 1.807) is 18.2 Å². The highest BCUT2D eigenvalue weighted by Crippen LogP contribution is 2.32. The largest absolute Gasteiger partial charge is 0.484 e. The molecule has 1 aliphatic rings. The first-order chi connectivity index (χ1) is 13.3. The first-order valence-corrected chi connectivity index (χ1v) is 11.0. The molecule has 11 heteroatoms. The number of primary amides is 1. The van der Waals surface area contributed by atoms with Gasteiger partial charge in [0.2, 0.25) is 5.91 Å². The van der Waals surface area contributed by atoms with Crippen molar-refractivity contribution in [2.75, 3.05) is 18.5 Å². The number of nitrogens with one attached hydrogen (secondary N) is 1. The number of nitrogens with zero attached hydrogens (tertiary/aromatic N) is 1. The smallest absolute Gasteiger partial charge is 0.255 e. The summed E-state index contributed by atoms with van der Waals surface area (Å²) in [6, 6.07) is 8.57. The molecule has 0 spiro atoms. The van der Waals surface area contributed by atoms with E-state index in [1.807, 2.05) is 0 Å². The second-order valence-corrected chi connectivity index (χ2v) is 9.94. The SMILES string of the molecule is NC(=O)COc1cccc(NC(=O)C2CCCN2S(=O)(=O)c2ccc(Cl)s2)c1. The van der Waals surface area contributed by atoms with Crippen molar-refractivity contribution < 1.29 is 22.7 Å². The van der Waals surface area contributed by atoms with Crippen LogP contribution >= 0.6 is 22.9 Å². The first kappa shape index (κ1) is 20.6. The topological polar surface area (TPSA) is 119 Å². The zero-order chi connectivity index (χ0) is 20.3. The number of rotatable bonds is 7. The average molecular weight is 444 g/mol. The summed E-state index contributed by atoms with van der Waals surface area (Å²) in [6.45, 7) is -0.0207. The zero-order valence-corrected chi connectivity index (χ0v) is 17.0. The lowest BCUT2D eigenvalue weighted by Gasteiger charge is -2.22. The second-order valence-electron chi connectivity index (χ2n) is 6.10. The Morgan fingerprint density at radius 2 is 2.11 bits per heavy atom. The molecule has 3 rings (SSSR count). The molecule has 1 aliphatic heterocycles. The van der Waals surface area contributed by atoms with E-state index in [-0.39, 0.29) is 17.4 Å². The van der Waals surface area contributed by atoms with E-state index in [2.05, 4.69) is 5.32 Å². The van der Waals surface area contributed by atoms with Gasteiger partial charge >= 0.3 is 0 Å². The van der Waals surface area contributed by atoms with Crippen LogP contribution in [0.25, 0.3) is 0 Å². The molecule has 0 bridgehead atoms.